The number of nitrogens with zero attached hydrogens (tertiary/aromatic N) is 3. The molecule has 3 aromatic rings. The van der Waals surface area contributed by atoms with E-state index in [2.05, 4.69) is 25.7 Å². The number of H-pyrrole nitrogens is 1. The molecule has 0 saturated heterocycles. The van der Waals surface area contributed by atoms with Crippen molar-refractivity contribution in [2.45, 2.75) is 33.7 Å². The highest BCUT2D eigenvalue weighted by atomic mass is 16.7. The number of aromatic amines is 1. The Morgan fingerprint density at radius 1 is 1.16 bits per heavy atom. The van der Waals surface area contributed by atoms with Gasteiger partial charge in [-0.25, -0.2) is 4.98 Å². The highest BCUT2D eigenvalue weighted by molar-refractivity contribution is 6.39. The molecule has 0 atom stereocenters. The van der Waals surface area contributed by atoms with Crippen LogP contribution < -0.4 is 25.7 Å². The highest BCUT2D eigenvalue weighted by Crippen LogP contribution is 2.32. The summed E-state index contributed by atoms with van der Waals surface area (Å²) < 4.78 is 11.8. The molecule has 32 heavy (non-hydrogen) atoms. The van der Waals surface area contributed by atoms with E-state index in [0.29, 0.717) is 34.9 Å². The summed E-state index contributed by atoms with van der Waals surface area (Å²) in [7, 11) is 0. The quantitative estimate of drug-likeness (QED) is 0.507. The number of rotatable bonds is 5. The van der Waals surface area contributed by atoms with E-state index in [-0.39, 0.29) is 30.7 Å². The number of hydrogen-bond acceptors (Lipinski definition) is 7. The number of benzene rings is 1. The third-order valence-corrected chi connectivity index (χ3v) is 4.93. The molecular weight excluding hydrogens is 416 g/mol. The minimum absolute atomic E-state index is 0.133. The second-order valence-corrected chi connectivity index (χ2v) is 7.21. The number of aromatic nitrogens is 4. The maximum atomic E-state index is 12.4. The molecule has 0 radical (unpaired) electrons. The molecule has 166 valence electrons. The number of carbonyl (C=O) groups is 2. The number of aryl methyl sites for hydroxylation is 2. The van der Waals surface area contributed by atoms with Gasteiger partial charge in [0, 0.05) is 23.9 Å². The van der Waals surface area contributed by atoms with Gasteiger partial charge in [0.25, 0.3) is 5.56 Å². The van der Waals surface area contributed by atoms with E-state index in [9.17, 15) is 14.4 Å². The van der Waals surface area contributed by atoms with Gasteiger partial charge < -0.3 is 20.1 Å². The van der Waals surface area contributed by atoms with Crippen LogP contribution in [-0.2, 0) is 22.6 Å². The van der Waals surface area contributed by atoms with Crippen LogP contribution in [0.4, 0.5) is 5.82 Å². The van der Waals surface area contributed by atoms with Gasteiger partial charge in [0.1, 0.15) is 5.82 Å². The van der Waals surface area contributed by atoms with Crippen LogP contribution >= 0.6 is 0 Å². The van der Waals surface area contributed by atoms with Gasteiger partial charge in [-0.3, -0.25) is 19.4 Å². The van der Waals surface area contributed by atoms with Crippen molar-refractivity contribution in [3.05, 3.63) is 57.1 Å². The lowest BCUT2D eigenvalue weighted by molar-refractivity contribution is -0.136. The molecule has 0 saturated carbocycles. The number of ether oxygens (including phenoxy) is 2. The normalized spacial score (nSPS) is 12.0. The average Bonchev–Trinajstić information content (AvgIpc) is 3.37. The van der Waals surface area contributed by atoms with Crippen molar-refractivity contribution >= 4 is 17.6 Å². The SMILES string of the molecule is CCc1c(C)nc(-n2nc(C)cc2NC(=O)C(=O)NCc2ccc3c(c2)OCO3)[nH]c1=O. The van der Waals surface area contributed by atoms with Crippen LogP contribution in [0.2, 0.25) is 0 Å². The fraction of sp³-hybridized carbons (Fsp3) is 0.286. The lowest BCUT2D eigenvalue weighted by Gasteiger charge is -2.10. The van der Waals surface area contributed by atoms with Gasteiger partial charge in [-0.05, 0) is 38.0 Å². The van der Waals surface area contributed by atoms with E-state index in [1.807, 2.05) is 6.92 Å². The average molecular weight is 438 g/mol. The molecule has 0 aliphatic carbocycles. The molecular formula is C21H22N6O5. The fourth-order valence-electron chi connectivity index (χ4n) is 3.35. The first-order valence-corrected chi connectivity index (χ1v) is 10.00. The van der Waals surface area contributed by atoms with Crippen molar-refractivity contribution < 1.29 is 19.1 Å². The predicted octanol–water partition coefficient (Wildman–Crippen LogP) is 1.12. The second kappa shape index (κ2) is 8.53. The van der Waals surface area contributed by atoms with Crippen LogP contribution in [0.5, 0.6) is 11.5 Å². The number of carbonyl (C=O) groups excluding carboxylic acids is 2. The van der Waals surface area contributed by atoms with Crippen molar-refractivity contribution in [3.8, 4) is 17.4 Å². The van der Waals surface area contributed by atoms with E-state index in [1.165, 1.54) is 4.68 Å². The summed E-state index contributed by atoms with van der Waals surface area (Å²) in [6.07, 6.45) is 0.541. The van der Waals surface area contributed by atoms with Crippen LogP contribution in [0.3, 0.4) is 0 Å². The van der Waals surface area contributed by atoms with Crippen LogP contribution in [0.1, 0.15) is 29.4 Å². The molecule has 2 aromatic heterocycles. The Morgan fingerprint density at radius 2 is 1.94 bits per heavy atom. The predicted molar refractivity (Wildman–Crippen MR) is 114 cm³/mol. The largest absolute Gasteiger partial charge is 0.454 e. The second-order valence-electron chi connectivity index (χ2n) is 7.21. The first-order valence-electron chi connectivity index (χ1n) is 10.00. The number of nitrogens with one attached hydrogen (secondary N) is 3. The molecule has 3 N–H and O–H groups in total. The van der Waals surface area contributed by atoms with Gasteiger partial charge in [0.15, 0.2) is 11.5 Å². The summed E-state index contributed by atoms with van der Waals surface area (Å²) in [5.41, 5.74) is 2.19. The third-order valence-electron chi connectivity index (χ3n) is 4.93. The first-order chi connectivity index (χ1) is 15.4. The lowest BCUT2D eigenvalue weighted by Crippen LogP contribution is -2.35. The molecule has 0 bridgehead atoms. The van der Waals surface area contributed by atoms with Crippen LogP contribution in [0.15, 0.2) is 29.1 Å². The molecule has 0 spiro atoms. The molecule has 0 unspecified atom stereocenters. The Bertz CT molecular complexity index is 1260. The zero-order valence-electron chi connectivity index (χ0n) is 17.8. The van der Waals surface area contributed by atoms with Gasteiger partial charge >= 0.3 is 11.8 Å². The summed E-state index contributed by atoms with van der Waals surface area (Å²) >= 11 is 0. The monoisotopic (exact) mass is 438 g/mol. The lowest BCUT2D eigenvalue weighted by atomic mass is 10.2. The minimum atomic E-state index is -0.879. The van der Waals surface area contributed by atoms with Crippen molar-refractivity contribution in [3.63, 3.8) is 0 Å². The summed E-state index contributed by atoms with van der Waals surface area (Å²) in [5, 5.41) is 9.35. The Balaban J connectivity index is 1.47. The van der Waals surface area contributed by atoms with Crippen molar-refractivity contribution in [1.82, 2.24) is 25.1 Å². The van der Waals surface area contributed by atoms with Crippen molar-refractivity contribution in [2.75, 3.05) is 12.1 Å². The number of hydrogen-bond donors (Lipinski definition) is 3. The Morgan fingerprint density at radius 3 is 2.69 bits per heavy atom. The van der Waals surface area contributed by atoms with Crippen LogP contribution in [0.25, 0.3) is 5.95 Å². The van der Waals surface area contributed by atoms with Crippen molar-refractivity contribution in [1.29, 1.82) is 0 Å². The topological polar surface area (TPSA) is 140 Å². The fourth-order valence-corrected chi connectivity index (χ4v) is 3.35. The van der Waals surface area contributed by atoms with Crippen LogP contribution in [0, 0.1) is 13.8 Å². The number of amides is 2. The van der Waals surface area contributed by atoms with Gasteiger partial charge in [-0.15, -0.1) is 0 Å². The summed E-state index contributed by atoms with van der Waals surface area (Å²) in [5.74, 6) is -0.128. The first kappa shape index (κ1) is 21.1. The number of anilines is 1. The minimum Gasteiger partial charge on any atom is -0.454 e. The van der Waals surface area contributed by atoms with Crippen molar-refractivity contribution in [2.24, 2.45) is 0 Å². The standard InChI is InChI=1S/C21H22N6O5/c1-4-14-12(3)23-21(25-18(14)28)27-17(7-11(2)26-27)24-20(30)19(29)22-9-13-5-6-15-16(8-13)32-10-31-15/h5-8H,4,9-10H2,1-3H3,(H,22,29)(H,24,30)(H,23,25,28). The molecule has 0 fully saturated rings. The zero-order valence-corrected chi connectivity index (χ0v) is 17.8. The molecule has 3 heterocycles. The molecule has 4 rings (SSSR count). The van der Waals surface area contributed by atoms with Gasteiger partial charge in [0.2, 0.25) is 12.7 Å². The third kappa shape index (κ3) is 4.17. The summed E-state index contributed by atoms with van der Waals surface area (Å²) in [4.78, 5) is 44.1. The van der Waals surface area contributed by atoms with Crippen LogP contribution in [-0.4, -0.2) is 38.4 Å². The molecule has 1 aliphatic heterocycles. The number of fused-ring (bicyclic) bond motifs is 1. The van der Waals surface area contributed by atoms with E-state index in [0.717, 1.165) is 5.56 Å². The van der Waals surface area contributed by atoms with E-state index >= 15 is 0 Å². The molecule has 2 amide bonds. The molecule has 1 aromatic carbocycles. The summed E-state index contributed by atoms with van der Waals surface area (Å²) in [6.45, 7) is 5.60. The molecule has 11 heteroatoms. The maximum absolute atomic E-state index is 12.4. The maximum Gasteiger partial charge on any atom is 0.314 e. The van der Waals surface area contributed by atoms with Gasteiger partial charge in [-0.1, -0.05) is 13.0 Å². The van der Waals surface area contributed by atoms with E-state index < -0.39 is 11.8 Å². The highest BCUT2D eigenvalue weighted by Gasteiger charge is 2.19. The molecule has 11 nitrogen and oxygen atoms in total. The smallest absolute Gasteiger partial charge is 0.314 e. The van der Waals surface area contributed by atoms with Gasteiger partial charge in [-0.2, -0.15) is 9.78 Å². The summed E-state index contributed by atoms with van der Waals surface area (Å²) in [6, 6.07) is 6.83. The Labute approximate surface area is 182 Å². The Kier molecular flexibility index (Phi) is 5.63. The van der Waals surface area contributed by atoms with E-state index in [4.69, 9.17) is 9.47 Å². The van der Waals surface area contributed by atoms with Gasteiger partial charge in [0.05, 0.1) is 5.69 Å². The molecule has 1 aliphatic rings. The zero-order chi connectivity index (χ0) is 22.8. The van der Waals surface area contributed by atoms with E-state index in [1.54, 1.807) is 38.1 Å². The Hall–Kier alpha value is -4.15.